The zero-order valence-corrected chi connectivity index (χ0v) is 17.5. The van der Waals surface area contributed by atoms with Crippen molar-refractivity contribution in [3.63, 3.8) is 0 Å². The molecule has 0 unspecified atom stereocenters. The first-order valence-corrected chi connectivity index (χ1v) is 10.5. The lowest BCUT2D eigenvalue weighted by molar-refractivity contribution is -0.109. The van der Waals surface area contributed by atoms with E-state index in [1.165, 1.54) is 12.1 Å². The number of likely N-dealkylation sites (tertiary alicyclic amines) is 2. The van der Waals surface area contributed by atoms with Gasteiger partial charge in [0.15, 0.2) is 0 Å². The highest BCUT2D eigenvalue weighted by atomic mass is 19.1. The van der Waals surface area contributed by atoms with Crippen LogP contribution in [0, 0.1) is 5.82 Å². The summed E-state index contributed by atoms with van der Waals surface area (Å²) in [6, 6.07) is 4.68. The number of aromatic hydroxyl groups is 1. The average molecular weight is 406 g/mol. The summed E-state index contributed by atoms with van der Waals surface area (Å²) in [5, 5.41) is 10.1. The Morgan fingerprint density at radius 1 is 1.28 bits per heavy atom. The van der Waals surface area contributed by atoms with Crippen LogP contribution in [0.15, 0.2) is 18.2 Å². The molecule has 3 aliphatic heterocycles. The Balaban J connectivity index is 1.27. The Morgan fingerprint density at radius 3 is 2.59 bits per heavy atom. The van der Waals surface area contributed by atoms with Gasteiger partial charge in [-0.25, -0.2) is 9.18 Å². The van der Waals surface area contributed by atoms with Gasteiger partial charge in [0.2, 0.25) is 0 Å². The molecule has 6 nitrogen and oxygen atoms in total. The van der Waals surface area contributed by atoms with Gasteiger partial charge in [-0.1, -0.05) is 6.07 Å². The van der Waals surface area contributed by atoms with Crippen LogP contribution in [-0.4, -0.2) is 71.0 Å². The van der Waals surface area contributed by atoms with Gasteiger partial charge in [-0.15, -0.1) is 0 Å². The maximum atomic E-state index is 13.2. The number of halogens is 1. The second-order valence-electron chi connectivity index (χ2n) is 9.70. The second-order valence-corrected chi connectivity index (χ2v) is 9.70. The molecule has 0 aliphatic carbocycles. The Labute approximate surface area is 171 Å². The van der Waals surface area contributed by atoms with Crippen molar-refractivity contribution in [2.75, 3.05) is 32.8 Å². The fourth-order valence-corrected chi connectivity index (χ4v) is 4.82. The van der Waals surface area contributed by atoms with Crippen LogP contribution in [0.2, 0.25) is 0 Å². The summed E-state index contributed by atoms with van der Waals surface area (Å²) in [4.78, 5) is 16.4. The van der Waals surface area contributed by atoms with Crippen LogP contribution in [0.3, 0.4) is 0 Å². The molecule has 3 heterocycles. The summed E-state index contributed by atoms with van der Waals surface area (Å²) in [5.74, 6) is -0.0872. The maximum absolute atomic E-state index is 13.2. The van der Waals surface area contributed by atoms with Crippen molar-refractivity contribution < 1.29 is 23.8 Å². The largest absolute Gasteiger partial charge is 0.508 e. The molecule has 3 fully saturated rings. The van der Waals surface area contributed by atoms with Crippen molar-refractivity contribution in [2.24, 2.45) is 0 Å². The molecule has 0 radical (unpaired) electrons. The molecule has 1 aromatic carbocycles. The molecule has 1 aromatic rings. The normalized spacial score (nSPS) is 25.2. The molecule has 0 bridgehead atoms. The highest BCUT2D eigenvalue weighted by Crippen LogP contribution is 2.40. The fraction of sp³-hybridized carbons (Fsp3) is 0.682. The molecule has 4 rings (SSSR count). The molecule has 1 amide bonds. The molecule has 7 heteroatoms. The van der Waals surface area contributed by atoms with Gasteiger partial charge in [-0.05, 0) is 70.7 Å². The fourth-order valence-electron chi connectivity index (χ4n) is 4.82. The van der Waals surface area contributed by atoms with Gasteiger partial charge in [0.1, 0.15) is 22.8 Å². The molecule has 29 heavy (non-hydrogen) atoms. The van der Waals surface area contributed by atoms with Crippen molar-refractivity contribution in [1.29, 1.82) is 0 Å². The van der Waals surface area contributed by atoms with Gasteiger partial charge < -0.3 is 19.5 Å². The predicted molar refractivity (Wildman–Crippen MR) is 107 cm³/mol. The van der Waals surface area contributed by atoms with Crippen LogP contribution >= 0.6 is 0 Å². The first-order valence-electron chi connectivity index (χ1n) is 10.5. The number of hydrogen-bond donors (Lipinski definition) is 1. The monoisotopic (exact) mass is 406 g/mol. The molecule has 1 spiro atoms. The Kier molecular flexibility index (Phi) is 5.23. The van der Waals surface area contributed by atoms with E-state index in [2.05, 4.69) is 4.90 Å². The molecular weight excluding hydrogens is 375 g/mol. The van der Waals surface area contributed by atoms with Crippen LogP contribution < -0.4 is 0 Å². The van der Waals surface area contributed by atoms with Crippen molar-refractivity contribution in [2.45, 2.75) is 63.2 Å². The highest BCUT2D eigenvalue weighted by molar-refractivity contribution is 5.69. The van der Waals surface area contributed by atoms with E-state index < -0.39 is 11.4 Å². The van der Waals surface area contributed by atoms with E-state index in [0.717, 1.165) is 37.9 Å². The highest BCUT2D eigenvalue weighted by Gasteiger charge is 2.53. The summed E-state index contributed by atoms with van der Waals surface area (Å²) < 4.78 is 24.8. The lowest BCUT2D eigenvalue weighted by atomic mass is 9.86. The first-order chi connectivity index (χ1) is 13.6. The molecule has 3 saturated heterocycles. The van der Waals surface area contributed by atoms with E-state index in [4.69, 9.17) is 9.47 Å². The lowest BCUT2D eigenvalue weighted by Gasteiger charge is -2.47. The van der Waals surface area contributed by atoms with Gasteiger partial charge in [0.05, 0.1) is 19.7 Å². The topological polar surface area (TPSA) is 62.2 Å². The zero-order valence-electron chi connectivity index (χ0n) is 17.5. The molecule has 0 saturated carbocycles. The maximum Gasteiger partial charge on any atom is 0.410 e. The van der Waals surface area contributed by atoms with Gasteiger partial charge in [0, 0.05) is 12.1 Å². The number of carbonyl (C=O) groups excluding carboxylic acids is 1. The summed E-state index contributed by atoms with van der Waals surface area (Å²) >= 11 is 0. The van der Waals surface area contributed by atoms with E-state index in [1.54, 1.807) is 11.0 Å². The van der Waals surface area contributed by atoms with Crippen LogP contribution in [0.25, 0.3) is 0 Å². The van der Waals surface area contributed by atoms with Crippen molar-refractivity contribution in [1.82, 2.24) is 9.80 Å². The second kappa shape index (κ2) is 7.43. The molecular formula is C22H31FN2O4. The number of ether oxygens (including phenoxy) is 2. The minimum atomic E-state index is -0.484. The van der Waals surface area contributed by atoms with Gasteiger partial charge in [0.25, 0.3) is 0 Å². The third kappa shape index (κ3) is 4.36. The predicted octanol–water partition coefficient (Wildman–Crippen LogP) is 3.49. The van der Waals surface area contributed by atoms with E-state index >= 15 is 0 Å². The minimum absolute atomic E-state index is 0.0586. The van der Waals surface area contributed by atoms with Crippen LogP contribution in [0.1, 0.15) is 51.5 Å². The van der Waals surface area contributed by atoms with Crippen LogP contribution in [-0.2, 0) is 9.47 Å². The van der Waals surface area contributed by atoms with Crippen LogP contribution in [0.5, 0.6) is 5.75 Å². The number of piperidine rings is 1. The first kappa shape index (κ1) is 20.4. The minimum Gasteiger partial charge on any atom is -0.508 e. The molecule has 3 aliphatic rings. The summed E-state index contributed by atoms with van der Waals surface area (Å²) in [7, 11) is 0. The Bertz CT molecular complexity index is 765. The molecule has 1 N–H and O–H groups in total. The third-order valence-electron chi connectivity index (χ3n) is 6.28. The average Bonchev–Trinajstić information content (AvgIpc) is 3.05. The van der Waals surface area contributed by atoms with Crippen LogP contribution in [0.4, 0.5) is 9.18 Å². The number of amides is 1. The molecule has 1 atom stereocenters. The summed E-state index contributed by atoms with van der Waals surface area (Å²) in [6.45, 7) is 9.36. The number of phenols is 1. The summed E-state index contributed by atoms with van der Waals surface area (Å²) in [5.41, 5.74) is 0.132. The van der Waals surface area contributed by atoms with Crippen molar-refractivity contribution >= 4 is 6.09 Å². The van der Waals surface area contributed by atoms with E-state index in [0.29, 0.717) is 25.7 Å². The summed E-state index contributed by atoms with van der Waals surface area (Å²) in [6.07, 6.45) is 2.54. The van der Waals surface area contributed by atoms with Gasteiger partial charge in [-0.3, -0.25) is 4.90 Å². The van der Waals surface area contributed by atoms with Crippen molar-refractivity contribution in [3.05, 3.63) is 29.6 Å². The smallest absolute Gasteiger partial charge is 0.410 e. The number of hydrogen-bond acceptors (Lipinski definition) is 5. The number of rotatable bonds is 2. The van der Waals surface area contributed by atoms with E-state index in [9.17, 15) is 14.3 Å². The number of nitrogens with zero attached hydrogens (tertiary/aromatic N) is 2. The number of benzene rings is 1. The Morgan fingerprint density at radius 2 is 1.97 bits per heavy atom. The van der Waals surface area contributed by atoms with Crippen molar-refractivity contribution in [3.8, 4) is 5.75 Å². The lowest BCUT2D eigenvalue weighted by Crippen LogP contribution is -2.64. The Hall–Kier alpha value is -1.86. The molecule has 0 aromatic heterocycles. The zero-order chi connectivity index (χ0) is 20.8. The van der Waals surface area contributed by atoms with Gasteiger partial charge >= 0.3 is 6.09 Å². The third-order valence-corrected chi connectivity index (χ3v) is 6.28. The number of phenolic OH excluding ortho intramolecular Hbond substituents is 1. The quantitative estimate of drug-likeness (QED) is 0.815. The van der Waals surface area contributed by atoms with E-state index in [-0.39, 0.29) is 23.4 Å². The standard InChI is InChI=1S/C22H31FN2O4/c1-21(2,3)29-20(27)25-13-22(14-25)11-17(12-28-22)24-8-6-15(7-9-24)18-5-4-16(23)10-19(18)26/h4-5,10,15,17,26H,6-9,11-14H2,1-3H3/t17-/m0/s1. The van der Waals surface area contributed by atoms with Gasteiger partial charge in [-0.2, -0.15) is 0 Å². The SMILES string of the molecule is CC(C)(C)OC(=O)N1CC2(C[C@H](N3CCC(c4ccc(F)cc4O)CC3)CO2)C1. The molecule has 160 valence electrons. The number of carbonyl (C=O) groups is 1. The van der Waals surface area contributed by atoms with E-state index in [1.807, 2.05) is 20.8 Å².